The first kappa shape index (κ1) is 17.5. The van der Waals surface area contributed by atoms with E-state index in [4.69, 9.17) is 0 Å². The van der Waals surface area contributed by atoms with Gasteiger partial charge in [-0.15, -0.1) is 0 Å². The van der Waals surface area contributed by atoms with Gasteiger partial charge in [-0.05, 0) is 44.2 Å². The molecule has 134 valence electrons. The minimum Gasteiger partial charge on any atom is -0.355 e. The van der Waals surface area contributed by atoms with Crippen LogP contribution in [0.3, 0.4) is 0 Å². The molecule has 5 heteroatoms. The maximum absolute atomic E-state index is 12.4. The second-order valence-electron chi connectivity index (χ2n) is 6.89. The lowest BCUT2D eigenvalue weighted by molar-refractivity contribution is -0.129. The van der Waals surface area contributed by atoms with Gasteiger partial charge in [-0.25, -0.2) is 0 Å². The molecule has 1 aromatic rings. The van der Waals surface area contributed by atoms with Crippen LogP contribution in [0, 0.1) is 5.92 Å². The Hall–Kier alpha value is -2.30. The van der Waals surface area contributed by atoms with Crippen LogP contribution < -0.4 is 10.3 Å². The number of para-hydroxylation sites is 1. The van der Waals surface area contributed by atoms with E-state index in [1.165, 1.54) is 24.8 Å². The van der Waals surface area contributed by atoms with E-state index < -0.39 is 0 Å². The second kappa shape index (κ2) is 8.19. The summed E-state index contributed by atoms with van der Waals surface area (Å²) in [6.07, 6.45) is 8.40. The van der Waals surface area contributed by atoms with E-state index in [-0.39, 0.29) is 24.2 Å². The molecule has 1 aliphatic carbocycles. The first-order chi connectivity index (χ1) is 12.1. The van der Waals surface area contributed by atoms with Gasteiger partial charge in [-0.2, -0.15) is 0 Å². The number of amides is 2. The van der Waals surface area contributed by atoms with Crippen LogP contribution in [0.2, 0.25) is 0 Å². The summed E-state index contributed by atoms with van der Waals surface area (Å²) in [5.41, 5.74) is 2.40. The summed E-state index contributed by atoms with van der Waals surface area (Å²) >= 11 is 0. The Morgan fingerprint density at radius 3 is 2.80 bits per heavy atom. The first-order valence-electron chi connectivity index (χ1n) is 9.20. The number of carbonyl (C=O) groups excluding carboxylic acids is 2. The van der Waals surface area contributed by atoms with Gasteiger partial charge < -0.3 is 5.32 Å². The van der Waals surface area contributed by atoms with Gasteiger partial charge in [0.15, 0.2) is 0 Å². The van der Waals surface area contributed by atoms with Crippen molar-refractivity contribution >= 4 is 17.5 Å². The van der Waals surface area contributed by atoms with Crippen molar-refractivity contribution in [1.82, 2.24) is 10.3 Å². The lowest BCUT2D eigenvalue weighted by Crippen LogP contribution is -2.42. The van der Waals surface area contributed by atoms with Crippen molar-refractivity contribution in [3.8, 4) is 0 Å². The predicted octanol–water partition coefficient (Wildman–Crippen LogP) is 2.89. The van der Waals surface area contributed by atoms with Gasteiger partial charge in [-0.3, -0.25) is 19.6 Å². The van der Waals surface area contributed by atoms with Crippen LogP contribution in [0.1, 0.15) is 38.5 Å². The molecule has 2 amide bonds. The van der Waals surface area contributed by atoms with Crippen LogP contribution in [-0.4, -0.2) is 37.0 Å². The lowest BCUT2D eigenvalue weighted by atomic mass is 9.97. The molecule has 1 saturated heterocycles. The molecule has 3 rings (SSSR count). The standard InChI is InChI=1S/C20H27N3O2/c1-22(18-10-6-3-7-11-18)23-15-17(14-19(23)24)20(25)21-13-12-16-8-4-2-5-9-16/h3,6-8,10-11,17H,2,4-5,9,12-15H2,1H3,(H,21,25). The minimum absolute atomic E-state index is 0.00138. The molecule has 1 unspecified atom stereocenters. The van der Waals surface area contributed by atoms with Crippen LogP contribution in [-0.2, 0) is 9.59 Å². The van der Waals surface area contributed by atoms with E-state index in [2.05, 4.69) is 11.4 Å². The molecule has 5 nitrogen and oxygen atoms in total. The predicted molar refractivity (Wildman–Crippen MR) is 98.8 cm³/mol. The molecule has 25 heavy (non-hydrogen) atoms. The van der Waals surface area contributed by atoms with E-state index in [9.17, 15) is 9.59 Å². The molecule has 1 N–H and O–H groups in total. The maximum atomic E-state index is 12.4. The third-order valence-electron chi connectivity index (χ3n) is 5.10. The van der Waals surface area contributed by atoms with Crippen LogP contribution in [0.25, 0.3) is 0 Å². The van der Waals surface area contributed by atoms with Crippen molar-refractivity contribution in [2.45, 2.75) is 38.5 Å². The first-order valence-corrected chi connectivity index (χ1v) is 9.20. The summed E-state index contributed by atoms with van der Waals surface area (Å²) in [5.74, 6) is -0.269. The third kappa shape index (κ3) is 4.41. The molecular formula is C20H27N3O2. The number of nitrogens with zero attached hydrogens (tertiary/aromatic N) is 2. The Balaban J connectivity index is 1.49. The number of hydrazine groups is 1. The molecule has 0 radical (unpaired) electrons. The summed E-state index contributed by atoms with van der Waals surface area (Å²) in [4.78, 5) is 24.7. The van der Waals surface area contributed by atoms with Crippen molar-refractivity contribution in [3.63, 3.8) is 0 Å². The maximum Gasteiger partial charge on any atom is 0.241 e. The fourth-order valence-electron chi connectivity index (χ4n) is 3.56. The number of carbonyl (C=O) groups is 2. The highest BCUT2D eigenvalue weighted by atomic mass is 16.2. The van der Waals surface area contributed by atoms with Gasteiger partial charge in [0.05, 0.1) is 18.2 Å². The lowest BCUT2D eigenvalue weighted by Gasteiger charge is -2.30. The molecule has 1 aromatic carbocycles. The highest BCUT2D eigenvalue weighted by molar-refractivity contribution is 5.90. The fourth-order valence-corrected chi connectivity index (χ4v) is 3.56. The molecule has 1 atom stereocenters. The zero-order chi connectivity index (χ0) is 17.6. The van der Waals surface area contributed by atoms with Crippen molar-refractivity contribution in [2.24, 2.45) is 5.92 Å². The Morgan fingerprint density at radius 1 is 1.28 bits per heavy atom. The number of nitrogens with one attached hydrogen (secondary N) is 1. The summed E-state index contributed by atoms with van der Waals surface area (Å²) in [6, 6.07) is 9.74. The van der Waals surface area contributed by atoms with Crippen molar-refractivity contribution in [3.05, 3.63) is 42.0 Å². The van der Waals surface area contributed by atoms with Crippen LogP contribution in [0.4, 0.5) is 5.69 Å². The highest BCUT2D eigenvalue weighted by Gasteiger charge is 2.36. The van der Waals surface area contributed by atoms with Gasteiger partial charge >= 0.3 is 0 Å². The van der Waals surface area contributed by atoms with Crippen molar-refractivity contribution in [2.75, 3.05) is 25.1 Å². The van der Waals surface area contributed by atoms with Gasteiger partial charge in [0.25, 0.3) is 0 Å². The zero-order valence-electron chi connectivity index (χ0n) is 14.9. The van der Waals surface area contributed by atoms with Crippen molar-refractivity contribution < 1.29 is 9.59 Å². The highest BCUT2D eigenvalue weighted by Crippen LogP contribution is 2.24. The van der Waals surface area contributed by atoms with Gasteiger partial charge in [0, 0.05) is 20.0 Å². The number of hydrogen-bond donors (Lipinski definition) is 1. The van der Waals surface area contributed by atoms with E-state index >= 15 is 0 Å². The largest absolute Gasteiger partial charge is 0.355 e. The van der Waals surface area contributed by atoms with E-state index in [0.29, 0.717) is 13.1 Å². The van der Waals surface area contributed by atoms with Crippen molar-refractivity contribution in [1.29, 1.82) is 0 Å². The molecule has 1 fully saturated rings. The average Bonchev–Trinajstić information content (AvgIpc) is 3.04. The molecule has 0 bridgehead atoms. The van der Waals surface area contributed by atoms with Gasteiger partial charge in [-0.1, -0.05) is 29.8 Å². The number of hydrogen-bond acceptors (Lipinski definition) is 3. The Labute approximate surface area is 149 Å². The Morgan fingerprint density at radius 2 is 2.08 bits per heavy atom. The molecular weight excluding hydrogens is 314 g/mol. The van der Waals surface area contributed by atoms with E-state index in [1.807, 2.05) is 42.4 Å². The zero-order valence-corrected chi connectivity index (χ0v) is 14.9. The number of anilines is 1. The summed E-state index contributed by atoms with van der Waals surface area (Å²) in [7, 11) is 1.86. The number of allylic oxidation sites excluding steroid dienone is 1. The van der Waals surface area contributed by atoms with Crippen LogP contribution >= 0.6 is 0 Å². The summed E-state index contributed by atoms with van der Waals surface area (Å²) in [6.45, 7) is 1.11. The van der Waals surface area contributed by atoms with Gasteiger partial charge in [0.2, 0.25) is 11.8 Å². The quantitative estimate of drug-likeness (QED) is 0.810. The molecule has 0 aromatic heterocycles. The monoisotopic (exact) mass is 341 g/mol. The molecule has 0 spiro atoms. The van der Waals surface area contributed by atoms with E-state index in [0.717, 1.165) is 18.5 Å². The molecule has 1 heterocycles. The SMILES string of the molecule is CN(c1ccccc1)N1CC(C(=O)NCCC2=CCCCC2)CC1=O. The third-order valence-corrected chi connectivity index (χ3v) is 5.10. The molecule has 0 saturated carbocycles. The number of benzene rings is 1. The smallest absolute Gasteiger partial charge is 0.241 e. The average molecular weight is 341 g/mol. The minimum atomic E-state index is -0.265. The number of rotatable bonds is 6. The summed E-state index contributed by atoms with van der Waals surface area (Å²) < 4.78 is 0. The molecule has 1 aliphatic heterocycles. The van der Waals surface area contributed by atoms with Crippen LogP contribution in [0.15, 0.2) is 42.0 Å². The Bertz CT molecular complexity index is 642. The summed E-state index contributed by atoms with van der Waals surface area (Å²) in [5, 5.41) is 6.52. The molecule has 2 aliphatic rings. The van der Waals surface area contributed by atoms with Crippen LogP contribution in [0.5, 0.6) is 0 Å². The normalized spacial score (nSPS) is 20.4. The van der Waals surface area contributed by atoms with E-state index in [1.54, 1.807) is 5.01 Å². The topological polar surface area (TPSA) is 52.6 Å². The Kier molecular flexibility index (Phi) is 5.74. The second-order valence-corrected chi connectivity index (χ2v) is 6.89. The van der Waals surface area contributed by atoms with Gasteiger partial charge in [0.1, 0.15) is 0 Å². The fraction of sp³-hybridized carbons (Fsp3) is 0.500.